The fourth-order valence-corrected chi connectivity index (χ4v) is 8.10. The number of nitrogens with zero attached hydrogens (tertiary/aromatic N) is 1. The largest absolute Gasteiger partial charge is 0.483 e. The second-order valence-electron chi connectivity index (χ2n) is 9.26. The number of hydrogen-bond acceptors (Lipinski definition) is 7. The number of nitrogens with one attached hydrogen (secondary N) is 2. The Balaban J connectivity index is 1.36. The maximum absolute atomic E-state index is 14.0. The van der Waals surface area contributed by atoms with Crippen LogP contribution in [0.4, 0.5) is 11.4 Å². The Morgan fingerprint density at radius 2 is 1.66 bits per heavy atom. The molecule has 2 N–H and O–H groups in total. The third-order valence-corrected chi connectivity index (χ3v) is 10.1. The minimum absolute atomic E-state index is 0.290. The maximum atomic E-state index is 14.0. The molecule has 2 aliphatic rings. The molecule has 6 rings (SSSR count). The van der Waals surface area contributed by atoms with E-state index in [0.717, 1.165) is 11.3 Å². The molecule has 3 atom stereocenters. The molecule has 2 aliphatic heterocycles. The number of carbonyl (C=O) groups excluding carboxylic acids is 3. The molecule has 2 unspecified atom stereocenters. The summed E-state index contributed by atoms with van der Waals surface area (Å²) in [5.74, 6) is -2.31. The molecule has 8 nitrogen and oxygen atoms in total. The first-order chi connectivity index (χ1) is 19.7. The van der Waals surface area contributed by atoms with E-state index in [1.54, 1.807) is 66.7 Å². The third kappa shape index (κ3) is 5.44. The molecular weight excluding hydrogens is 673 g/mol. The molecule has 13 heteroatoms. The van der Waals surface area contributed by atoms with E-state index in [1.807, 2.05) is 0 Å². The van der Waals surface area contributed by atoms with Crippen LogP contribution < -0.4 is 19.8 Å². The average molecular weight is 691 g/mol. The first-order valence-corrected chi connectivity index (χ1v) is 15.4. The van der Waals surface area contributed by atoms with E-state index in [4.69, 9.17) is 27.9 Å². The lowest BCUT2D eigenvalue weighted by atomic mass is 9.82. The molecular formula is C28H18BrCl2N3O5S2. The number of thiazole rings is 1. The van der Waals surface area contributed by atoms with Crippen molar-refractivity contribution in [1.29, 1.82) is 0 Å². The van der Waals surface area contributed by atoms with E-state index in [-0.39, 0.29) is 17.4 Å². The van der Waals surface area contributed by atoms with Crippen molar-refractivity contribution in [2.75, 3.05) is 16.8 Å². The predicted molar refractivity (Wildman–Crippen MR) is 164 cm³/mol. The van der Waals surface area contributed by atoms with Gasteiger partial charge in [-0.1, -0.05) is 62.2 Å². The number of aromatic amines is 1. The van der Waals surface area contributed by atoms with Crippen molar-refractivity contribution in [3.63, 3.8) is 0 Å². The van der Waals surface area contributed by atoms with Gasteiger partial charge in [-0.3, -0.25) is 19.2 Å². The smallest absolute Gasteiger partial charge is 0.305 e. The maximum Gasteiger partial charge on any atom is 0.305 e. The van der Waals surface area contributed by atoms with Crippen molar-refractivity contribution in [2.24, 2.45) is 5.92 Å². The Labute approximate surface area is 260 Å². The molecule has 0 bridgehead atoms. The van der Waals surface area contributed by atoms with Gasteiger partial charge in [0.2, 0.25) is 11.8 Å². The topological polar surface area (TPSA) is 109 Å². The number of rotatable bonds is 6. The molecule has 41 heavy (non-hydrogen) atoms. The van der Waals surface area contributed by atoms with Gasteiger partial charge in [-0.15, -0.1) is 0 Å². The molecule has 3 amide bonds. The fourth-order valence-electron chi connectivity index (χ4n) is 4.96. The Hall–Kier alpha value is -3.09. The summed E-state index contributed by atoms with van der Waals surface area (Å²) in [7, 11) is 0. The van der Waals surface area contributed by atoms with E-state index < -0.39 is 28.9 Å². The third-order valence-electron chi connectivity index (χ3n) is 6.70. The number of benzene rings is 3. The van der Waals surface area contributed by atoms with E-state index in [0.29, 0.717) is 47.1 Å². The summed E-state index contributed by atoms with van der Waals surface area (Å²) >= 11 is 17.6. The first kappa shape index (κ1) is 28.0. The zero-order valence-corrected chi connectivity index (χ0v) is 25.5. The van der Waals surface area contributed by atoms with Gasteiger partial charge < -0.3 is 15.0 Å². The summed E-state index contributed by atoms with van der Waals surface area (Å²) in [4.78, 5) is 57.1. The number of anilines is 2. The van der Waals surface area contributed by atoms with Crippen LogP contribution >= 0.6 is 62.2 Å². The summed E-state index contributed by atoms with van der Waals surface area (Å²) in [5.41, 5.74) is 1.55. The Morgan fingerprint density at radius 1 is 0.976 bits per heavy atom. The number of imide groups is 1. The number of thioether (sulfide) groups is 1. The molecule has 0 radical (unpaired) electrons. The molecule has 4 aromatic rings. The van der Waals surface area contributed by atoms with Crippen molar-refractivity contribution in [1.82, 2.24) is 4.98 Å². The number of fused-ring (bicyclic) bond motifs is 2. The van der Waals surface area contributed by atoms with Crippen molar-refractivity contribution in [3.05, 3.63) is 101 Å². The molecule has 3 heterocycles. The monoisotopic (exact) mass is 689 g/mol. The average Bonchev–Trinajstić information content (AvgIpc) is 3.44. The number of carbonyl (C=O) groups is 3. The quantitative estimate of drug-likeness (QED) is 0.229. The van der Waals surface area contributed by atoms with Crippen LogP contribution in [0.5, 0.6) is 5.75 Å². The molecule has 1 fully saturated rings. The molecule has 1 aromatic heterocycles. The van der Waals surface area contributed by atoms with Crippen LogP contribution in [0.2, 0.25) is 10.0 Å². The molecule has 0 spiro atoms. The normalized spacial score (nSPS) is 19.6. The summed E-state index contributed by atoms with van der Waals surface area (Å²) < 4.78 is 6.69. The van der Waals surface area contributed by atoms with Crippen LogP contribution in [0.25, 0.3) is 0 Å². The fraction of sp³-hybridized carbons (Fsp3) is 0.143. The highest BCUT2D eigenvalue weighted by Crippen LogP contribution is 2.54. The van der Waals surface area contributed by atoms with Gasteiger partial charge in [0.1, 0.15) is 11.0 Å². The van der Waals surface area contributed by atoms with Crippen LogP contribution in [0.15, 0.2) is 81.0 Å². The van der Waals surface area contributed by atoms with E-state index in [9.17, 15) is 19.2 Å². The summed E-state index contributed by atoms with van der Waals surface area (Å²) in [6.45, 7) is -0.313. The first-order valence-electron chi connectivity index (χ1n) is 12.2. The van der Waals surface area contributed by atoms with Crippen molar-refractivity contribution < 1.29 is 19.1 Å². The summed E-state index contributed by atoms with van der Waals surface area (Å²) in [5, 5.41) is 3.54. The summed E-state index contributed by atoms with van der Waals surface area (Å²) in [6.07, 6.45) is 0. The molecule has 0 aliphatic carbocycles. The highest BCUT2D eigenvalue weighted by Gasteiger charge is 2.56. The van der Waals surface area contributed by atoms with Gasteiger partial charge in [0.15, 0.2) is 6.61 Å². The van der Waals surface area contributed by atoms with Crippen LogP contribution in [0, 0.1) is 5.92 Å². The van der Waals surface area contributed by atoms with Crippen molar-refractivity contribution >= 4 is 91.3 Å². The van der Waals surface area contributed by atoms with Crippen LogP contribution in [-0.4, -0.2) is 34.6 Å². The highest BCUT2D eigenvalue weighted by molar-refractivity contribution is 9.10. The number of amides is 3. The second kappa shape index (κ2) is 11.3. The summed E-state index contributed by atoms with van der Waals surface area (Å²) in [6, 6.07) is 18.4. The van der Waals surface area contributed by atoms with Crippen molar-refractivity contribution in [2.45, 2.75) is 16.2 Å². The second-order valence-corrected chi connectivity index (χ2v) is 13.2. The van der Waals surface area contributed by atoms with Gasteiger partial charge in [0.05, 0.1) is 16.6 Å². The standard InChI is InChI=1S/C28H18BrCl2N3O5S2/c29-13-1-10-19(39-12-20(35)32-16-6-2-14(30)3-7-16)18(11-13)21-22-24(40-25-23(21)41-28(38)33-25)27(37)34(26(22)36)17-8-4-15(31)5-9-17/h1-11,21-22,24H,12H2,(H,32,35)(H,33,38)/t21-,22?,24?/m1/s1. The molecule has 0 saturated carbocycles. The SMILES string of the molecule is O=C(COc1ccc(Br)cc1[C@H]1c2sc(=O)[nH]c2SC2C(=O)N(c3ccc(Cl)cc3)C(=O)C21)Nc1ccc(Cl)cc1. The van der Waals surface area contributed by atoms with Gasteiger partial charge in [-0.05, 0) is 66.7 Å². The van der Waals surface area contributed by atoms with Crippen LogP contribution in [0.1, 0.15) is 16.4 Å². The highest BCUT2D eigenvalue weighted by atomic mass is 79.9. The van der Waals surface area contributed by atoms with Crippen LogP contribution in [-0.2, 0) is 14.4 Å². The Bertz CT molecular complexity index is 1740. The van der Waals surface area contributed by atoms with E-state index in [1.165, 1.54) is 16.7 Å². The number of hydrogen-bond donors (Lipinski definition) is 2. The van der Waals surface area contributed by atoms with Gasteiger partial charge in [-0.25, -0.2) is 4.90 Å². The lowest BCUT2D eigenvalue weighted by Gasteiger charge is -2.31. The Kier molecular flexibility index (Phi) is 7.73. The number of H-pyrrole nitrogens is 1. The Morgan fingerprint density at radius 3 is 2.37 bits per heavy atom. The number of aromatic nitrogens is 1. The van der Waals surface area contributed by atoms with Crippen molar-refractivity contribution in [3.8, 4) is 5.75 Å². The lowest BCUT2D eigenvalue weighted by Crippen LogP contribution is -2.32. The van der Waals surface area contributed by atoms with Gasteiger partial charge in [-0.2, -0.15) is 0 Å². The number of halogens is 3. The van der Waals surface area contributed by atoms with Gasteiger partial charge in [0.25, 0.3) is 5.91 Å². The number of ether oxygens (including phenoxy) is 1. The molecule has 3 aromatic carbocycles. The van der Waals surface area contributed by atoms with E-state index >= 15 is 0 Å². The van der Waals surface area contributed by atoms with Crippen LogP contribution in [0.3, 0.4) is 0 Å². The zero-order chi connectivity index (χ0) is 28.8. The lowest BCUT2D eigenvalue weighted by molar-refractivity contribution is -0.122. The minimum atomic E-state index is -0.818. The predicted octanol–water partition coefficient (Wildman–Crippen LogP) is 6.32. The zero-order valence-electron chi connectivity index (χ0n) is 20.7. The van der Waals surface area contributed by atoms with Gasteiger partial charge >= 0.3 is 4.87 Å². The van der Waals surface area contributed by atoms with E-state index in [2.05, 4.69) is 26.2 Å². The van der Waals surface area contributed by atoms with Gasteiger partial charge in [0, 0.05) is 36.6 Å². The molecule has 1 saturated heterocycles. The molecule has 208 valence electrons. The minimum Gasteiger partial charge on any atom is -0.483 e.